The molecule has 0 saturated heterocycles. The number of carbonyl (C=O) groups is 4. The van der Waals surface area contributed by atoms with Gasteiger partial charge in [0.2, 0.25) is 17.7 Å². The van der Waals surface area contributed by atoms with Crippen LogP contribution in [-0.2, 0) is 20.8 Å². The number of hydrogen-bond donors (Lipinski definition) is 3. The molecule has 1 heterocycles. The molecule has 0 aliphatic carbocycles. The molecule has 9 nitrogen and oxygen atoms in total. The topological polar surface area (TPSA) is 117 Å². The summed E-state index contributed by atoms with van der Waals surface area (Å²) in [5.41, 5.74) is 1.13. The Morgan fingerprint density at radius 2 is 1.75 bits per heavy atom. The second kappa shape index (κ2) is 12.7. The predicted octanol–water partition coefficient (Wildman–Crippen LogP) is 1.67. The Morgan fingerprint density at radius 3 is 2.44 bits per heavy atom. The van der Waals surface area contributed by atoms with E-state index in [0.29, 0.717) is 18.7 Å². The molecule has 0 aromatic heterocycles. The maximum absolute atomic E-state index is 13.5. The molecule has 192 valence electrons. The number of amides is 4. The summed E-state index contributed by atoms with van der Waals surface area (Å²) in [4.78, 5) is 54.2. The lowest BCUT2D eigenvalue weighted by atomic mass is 10.0. The number of ether oxygens (including phenoxy) is 1. The first-order valence-electron chi connectivity index (χ1n) is 12.2. The van der Waals surface area contributed by atoms with Crippen molar-refractivity contribution >= 4 is 23.6 Å². The van der Waals surface area contributed by atoms with E-state index in [9.17, 15) is 19.2 Å². The Kier molecular flexibility index (Phi) is 9.44. The van der Waals surface area contributed by atoms with E-state index in [2.05, 4.69) is 16.0 Å². The number of benzene rings is 2. The number of nitrogens with one attached hydrogen (secondary N) is 3. The first-order valence-corrected chi connectivity index (χ1v) is 12.2. The standard InChI is InChI=1S/C27H34N4O5/c1-4-31-14-15-36-23-13-9-8-12-20(23)25(33)30-21(26(34)28-18(2)3)17-24(32)29-22(27(31)35)16-19-10-6-5-7-11-19/h5-13,18,21-22H,4,14-17H2,1-3H3,(H,28,34)(H,29,32)(H,30,33)/t21-,22-/m0/s1. The van der Waals surface area contributed by atoms with Crippen LogP contribution in [0.2, 0.25) is 0 Å². The first kappa shape index (κ1) is 26.7. The second-order valence-corrected chi connectivity index (χ2v) is 8.97. The van der Waals surface area contributed by atoms with Crippen molar-refractivity contribution < 1.29 is 23.9 Å². The van der Waals surface area contributed by atoms with E-state index in [-0.39, 0.29) is 37.1 Å². The fourth-order valence-corrected chi connectivity index (χ4v) is 4.01. The normalized spacial score (nSPS) is 19.4. The Hall–Kier alpha value is -3.88. The summed E-state index contributed by atoms with van der Waals surface area (Å²) in [5.74, 6) is -1.42. The van der Waals surface area contributed by atoms with Crippen LogP contribution in [0.4, 0.5) is 0 Å². The summed E-state index contributed by atoms with van der Waals surface area (Å²) in [7, 11) is 0. The van der Waals surface area contributed by atoms with Crippen LogP contribution in [0.1, 0.15) is 43.1 Å². The van der Waals surface area contributed by atoms with Crippen LogP contribution >= 0.6 is 0 Å². The van der Waals surface area contributed by atoms with E-state index < -0.39 is 29.8 Å². The number of hydrogen-bond acceptors (Lipinski definition) is 5. The minimum atomic E-state index is -1.13. The molecule has 0 spiro atoms. The fourth-order valence-electron chi connectivity index (χ4n) is 4.01. The van der Waals surface area contributed by atoms with Crippen LogP contribution in [0.15, 0.2) is 54.6 Å². The summed E-state index contributed by atoms with van der Waals surface area (Å²) in [6.07, 6.45) is -0.0289. The highest BCUT2D eigenvalue weighted by Gasteiger charge is 2.30. The lowest BCUT2D eigenvalue weighted by Crippen LogP contribution is -2.54. The average molecular weight is 495 g/mol. The minimum absolute atomic E-state index is 0.160. The van der Waals surface area contributed by atoms with Gasteiger partial charge in [-0.3, -0.25) is 19.2 Å². The van der Waals surface area contributed by atoms with E-state index >= 15 is 0 Å². The van der Waals surface area contributed by atoms with Crippen LogP contribution in [0.5, 0.6) is 5.75 Å². The molecule has 0 fully saturated rings. The van der Waals surface area contributed by atoms with Crippen molar-refractivity contribution in [2.75, 3.05) is 19.7 Å². The monoisotopic (exact) mass is 494 g/mol. The van der Waals surface area contributed by atoms with Gasteiger partial charge in [-0.2, -0.15) is 0 Å². The maximum Gasteiger partial charge on any atom is 0.255 e. The van der Waals surface area contributed by atoms with Gasteiger partial charge in [0.15, 0.2) is 0 Å². The number of carbonyl (C=O) groups excluding carboxylic acids is 4. The maximum atomic E-state index is 13.5. The van der Waals surface area contributed by atoms with E-state index in [0.717, 1.165) is 5.56 Å². The van der Waals surface area contributed by atoms with Gasteiger partial charge in [0.25, 0.3) is 5.91 Å². The van der Waals surface area contributed by atoms with Crippen molar-refractivity contribution in [1.82, 2.24) is 20.9 Å². The van der Waals surface area contributed by atoms with Crippen molar-refractivity contribution in [3.8, 4) is 5.75 Å². The van der Waals surface area contributed by atoms with Crippen LogP contribution in [0.3, 0.4) is 0 Å². The lowest BCUT2D eigenvalue weighted by Gasteiger charge is -2.28. The van der Waals surface area contributed by atoms with Gasteiger partial charge in [0.05, 0.1) is 18.5 Å². The second-order valence-electron chi connectivity index (χ2n) is 8.97. The van der Waals surface area contributed by atoms with Crippen LogP contribution in [-0.4, -0.2) is 66.4 Å². The van der Waals surface area contributed by atoms with Crippen molar-refractivity contribution in [2.45, 2.75) is 51.7 Å². The Balaban J connectivity index is 1.94. The highest BCUT2D eigenvalue weighted by atomic mass is 16.5. The highest BCUT2D eigenvalue weighted by molar-refractivity contribution is 6.01. The number of para-hydroxylation sites is 1. The minimum Gasteiger partial charge on any atom is -0.491 e. The van der Waals surface area contributed by atoms with Gasteiger partial charge < -0.3 is 25.6 Å². The average Bonchev–Trinajstić information content (AvgIpc) is 2.85. The molecule has 3 N–H and O–H groups in total. The lowest BCUT2D eigenvalue weighted by molar-refractivity contribution is -0.137. The van der Waals surface area contributed by atoms with Crippen molar-refractivity contribution in [2.24, 2.45) is 0 Å². The number of rotatable bonds is 5. The van der Waals surface area contributed by atoms with Gasteiger partial charge in [0.1, 0.15) is 24.4 Å². The van der Waals surface area contributed by atoms with Gasteiger partial charge in [-0.25, -0.2) is 0 Å². The highest BCUT2D eigenvalue weighted by Crippen LogP contribution is 2.19. The summed E-state index contributed by atoms with van der Waals surface area (Å²) >= 11 is 0. The van der Waals surface area contributed by atoms with E-state index in [1.807, 2.05) is 37.3 Å². The number of nitrogens with zero attached hydrogens (tertiary/aromatic N) is 1. The smallest absolute Gasteiger partial charge is 0.255 e. The van der Waals surface area contributed by atoms with Crippen molar-refractivity contribution in [3.05, 3.63) is 65.7 Å². The van der Waals surface area contributed by atoms with E-state index in [4.69, 9.17) is 4.74 Å². The fraction of sp³-hybridized carbons (Fsp3) is 0.407. The molecule has 1 aliphatic rings. The Bertz CT molecular complexity index is 1070. The third-order valence-electron chi connectivity index (χ3n) is 5.80. The first-order chi connectivity index (χ1) is 17.3. The van der Waals surface area contributed by atoms with Gasteiger partial charge in [-0.15, -0.1) is 0 Å². The van der Waals surface area contributed by atoms with E-state index in [1.165, 1.54) is 0 Å². The third kappa shape index (κ3) is 7.31. The zero-order valence-corrected chi connectivity index (χ0v) is 21.0. The zero-order chi connectivity index (χ0) is 26.1. The van der Waals surface area contributed by atoms with Gasteiger partial charge in [-0.1, -0.05) is 42.5 Å². The van der Waals surface area contributed by atoms with Crippen molar-refractivity contribution in [3.63, 3.8) is 0 Å². The summed E-state index contributed by atoms with van der Waals surface area (Å²) in [6.45, 7) is 6.31. The molecule has 4 amide bonds. The largest absolute Gasteiger partial charge is 0.491 e. The van der Waals surface area contributed by atoms with Crippen LogP contribution in [0, 0.1) is 0 Å². The van der Waals surface area contributed by atoms with Gasteiger partial charge >= 0.3 is 0 Å². The Labute approximate surface area is 211 Å². The molecule has 2 aromatic rings. The van der Waals surface area contributed by atoms with Gasteiger partial charge in [0, 0.05) is 19.0 Å². The Morgan fingerprint density at radius 1 is 1.06 bits per heavy atom. The molecule has 0 radical (unpaired) electrons. The molecule has 0 saturated carbocycles. The number of fused-ring (bicyclic) bond motifs is 1. The molecule has 36 heavy (non-hydrogen) atoms. The van der Waals surface area contributed by atoms with E-state index in [1.54, 1.807) is 43.0 Å². The summed E-state index contributed by atoms with van der Waals surface area (Å²) < 4.78 is 5.88. The molecule has 2 aromatic carbocycles. The quantitative estimate of drug-likeness (QED) is 0.585. The predicted molar refractivity (Wildman–Crippen MR) is 135 cm³/mol. The zero-order valence-electron chi connectivity index (χ0n) is 21.0. The molecular weight excluding hydrogens is 460 g/mol. The van der Waals surface area contributed by atoms with Crippen LogP contribution in [0.25, 0.3) is 0 Å². The molecule has 0 bridgehead atoms. The van der Waals surface area contributed by atoms with Crippen LogP contribution < -0.4 is 20.7 Å². The molecule has 3 rings (SSSR count). The van der Waals surface area contributed by atoms with Gasteiger partial charge in [-0.05, 0) is 38.5 Å². The molecule has 0 unspecified atom stereocenters. The molecule has 1 aliphatic heterocycles. The molecular formula is C27H34N4O5. The van der Waals surface area contributed by atoms with Crippen molar-refractivity contribution in [1.29, 1.82) is 0 Å². The molecule has 9 heteroatoms. The summed E-state index contributed by atoms with van der Waals surface area (Å²) in [6, 6.07) is 13.9. The molecule has 2 atom stereocenters. The summed E-state index contributed by atoms with van der Waals surface area (Å²) in [5, 5.41) is 8.22. The SMILES string of the molecule is CCN1CCOc2ccccc2C(=O)N[C@H](C(=O)NC(C)C)CC(=O)N[C@@H](Cc2ccccc2)C1=O. The third-order valence-corrected chi connectivity index (χ3v) is 5.80. The number of likely N-dealkylation sites (N-methyl/N-ethyl adjacent to an activating group) is 1.